The van der Waals surface area contributed by atoms with Gasteiger partial charge in [-0.15, -0.1) is 0 Å². The van der Waals surface area contributed by atoms with Crippen molar-refractivity contribution >= 4 is 32.6 Å². The number of rotatable bonds is 5. The number of hydrogen-bond donors (Lipinski definition) is 3. The van der Waals surface area contributed by atoms with Crippen molar-refractivity contribution in [1.29, 1.82) is 0 Å². The Morgan fingerprint density at radius 1 is 1.39 bits per heavy atom. The van der Waals surface area contributed by atoms with E-state index in [-0.39, 0.29) is 17.4 Å². The smallest absolute Gasteiger partial charge is 0.337 e. The molecule has 1 aromatic heterocycles. The Kier molecular flexibility index (Phi) is 4.27. The molecule has 1 aliphatic heterocycles. The number of aromatic amines is 1. The monoisotopic (exact) mass is 338 g/mol. The maximum Gasteiger partial charge on any atom is 0.337 e. The second-order valence-corrected chi connectivity index (χ2v) is 7.41. The molecule has 2 aromatic rings. The number of hydrogen-bond acceptors (Lipinski definition) is 4. The third-order valence-corrected chi connectivity index (χ3v) is 5.22. The number of aromatic carboxylic acids is 1. The van der Waals surface area contributed by atoms with Crippen LogP contribution < -0.4 is 4.72 Å². The molecule has 2 heterocycles. The van der Waals surface area contributed by atoms with Gasteiger partial charge in [-0.2, -0.15) is 0 Å². The highest BCUT2D eigenvalue weighted by Gasteiger charge is 2.22. The Hall–Kier alpha value is -2.06. The Balaban J connectivity index is 1.76. The van der Waals surface area contributed by atoms with Gasteiger partial charge in [0.15, 0.2) is 0 Å². The van der Waals surface area contributed by atoms with Crippen molar-refractivity contribution in [3.05, 3.63) is 30.0 Å². The molecule has 0 spiro atoms. The molecule has 1 aromatic carbocycles. The summed E-state index contributed by atoms with van der Waals surface area (Å²) in [6.07, 6.45) is 3.82. The molecule has 124 valence electrons. The summed E-state index contributed by atoms with van der Waals surface area (Å²) in [6, 6.07) is 4.73. The van der Waals surface area contributed by atoms with Crippen LogP contribution in [-0.4, -0.2) is 42.9 Å². The molecule has 1 atom stereocenters. The minimum absolute atomic E-state index is 0.0733. The first-order chi connectivity index (χ1) is 10.9. The number of carbonyl (C=O) groups is 1. The zero-order valence-corrected chi connectivity index (χ0v) is 13.2. The summed E-state index contributed by atoms with van der Waals surface area (Å²) in [7, 11) is -3.52. The summed E-state index contributed by atoms with van der Waals surface area (Å²) in [5, 5.41) is 9.60. The molecule has 8 heteroatoms. The molecule has 0 aliphatic carbocycles. The number of benzene rings is 1. The highest BCUT2D eigenvalue weighted by Crippen LogP contribution is 2.23. The minimum atomic E-state index is -3.52. The predicted octanol–water partition coefficient (Wildman–Crippen LogP) is 2.18. The fourth-order valence-electron chi connectivity index (χ4n) is 2.77. The second-order valence-electron chi connectivity index (χ2n) is 5.64. The first-order valence-corrected chi connectivity index (χ1v) is 9.06. The van der Waals surface area contributed by atoms with Crippen LogP contribution in [0.5, 0.6) is 0 Å². The molecular weight excluding hydrogens is 320 g/mol. The molecule has 23 heavy (non-hydrogen) atoms. The minimum Gasteiger partial charge on any atom is -0.478 e. The zero-order valence-electron chi connectivity index (χ0n) is 12.4. The zero-order chi connectivity index (χ0) is 16.4. The van der Waals surface area contributed by atoms with E-state index in [1.165, 1.54) is 6.20 Å². The van der Waals surface area contributed by atoms with Crippen LogP contribution >= 0.6 is 0 Å². The van der Waals surface area contributed by atoms with Gasteiger partial charge in [-0.05, 0) is 37.5 Å². The van der Waals surface area contributed by atoms with E-state index in [1.807, 2.05) is 0 Å². The Morgan fingerprint density at radius 2 is 2.22 bits per heavy atom. The third-order valence-electron chi connectivity index (χ3n) is 3.86. The first kappa shape index (κ1) is 15.8. The van der Waals surface area contributed by atoms with Gasteiger partial charge >= 0.3 is 5.97 Å². The lowest BCUT2D eigenvalue weighted by Gasteiger charge is -2.22. The van der Waals surface area contributed by atoms with E-state index >= 15 is 0 Å². The lowest BCUT2D eigenvalue weighted by atomic mass is 10.1. The van der Waals surface area contributed by atoms with E-state index in [2.05, 4.69) is 9.71 Å². The molecule has 0 amide bonds. The van der Waals surface area contributed by atoms with Crippen molar-refractivity contribution in [3.63, 3.8) is 0 Å². The van der Waals surface area contributed by atoms with Crippen LogP contribution in [0.3, 0.4) is 0 Å². The van der Waals surface area contributed by atoms with Crippen molar-refractivity contribution in [3.8, 4) is 0 Å². The molecular formula is C15H18N2O5S. The van der Waals surface area contributed by atoms with Crippen molar-refractivity contribution in [2.45, 2.75) is 25.4 Å². The van der Waals surface area contributed by atoms with Crippen molar-refractivity contribution in [2.75, 3.05) is 17.1 Å². The SMILES string of the molecule is O=C(O)c1c[nH]c2cc(NS(=O)(=O)CC3CCCCO3)ccc12. The highest BCUT2D eigenvalue weighted by atomic mass is 32.2. The molecule has 3 N–H and O–H groups in total. The molecule has 0 radical (unpaired) electrons. The van der Waals surface area contributed by atoms with Gasteiger partial charge in [0.1, 0.15) is 0 Å². The number of H-pyrrole nitrogens is 1. The van der Waals surface area contributed by atoms with Crippen LogP contribution in [0.25, 0.3) is 10.9 Å². The fourth-order valence-corrected chi connectivity index (χ4v) is 4.09. The number of nitrogens with one attached hydrogen (secondary N) is 2. The van der Waals surface area contributed by atoms with E-state index in [9.17, 15) is 13.2 Å². The second kappa shape index (κ2) is 6.21. The van der Waals surface area contributed by atoms with Crippen molar-refractivity contribution in [1.82, 2.24) is 4.98 Å². The van der Waals surface area contributed by atoms with E-state index in [0.29, 0.717) is 23.2 Å². The topological polar surface area (TPSA) is 108 Å². The quantitative estimate of drug-likeness (QED) is 0.774. The van der Waals surface area contributed by atoms with Gasteiger partial charge in [0.2, 0.25) is 10.0 Å². The van der Waals surface area contributed by atoms with Crippen LogP contribution in [0.1, 0.15) is 29.6 Å². The lowest BCUT2D eigenvalue weighted by Crippen LogP contribution is -2.30. The number of sulfonamides is 1. The van der Waals surface area contributed by atoms with Crippen molar-refractivity contribution < 1.29 is 23.1 Å². The average Bonchev–Trinajstić information content (AvgIpc) is 2.90. The van der Waals surface area contributed by atoms with Gasteiger partial charge in [-0.1, -0.05) is 0 Å². The van der Waals surface area contributed by atoms with E-state index < -0.39 is 16.0 Å². The van der Waals surface area contributed by atoms with Crippen LogP contribution in [0.2, 0.25) is 0 Å². The lowest BCUT2D eigenvalue weighted by molar-refractivity contribution is 0.0306. The van der Waals surface area contributed by atoms with E-state index in [1.54, 1.807) is 18.2 Å². The van der Waals surface area contributed by atoms with Crippen LogP contribution in [0.4, 0.5) is 5.69 Å². The van der Waals surface area contributed by atoms with Crippen LogP contribution in [0.15, 0.2) is 24.4 Å². The Morgan fingerprint density at radius 3 is 2.91 bits per heavy atom. The van der Waals surface area contributed by atoms with E-state index in [0.717, 1.165) is 19.3 Å². The molecule has 0 bridgehead atoms. The van der Waals surface area contributed by atoms with Gasteiger partial charge in [0, 0.05) is 23.7 Å². The van der Waals surface area contributed by atoms with Crippen molar-refractivity contribution in [2.24, 2.45) is 0 Å². The molecule has 7 nitrogen and oxygen atoms in total. The molecule has 1 saturated heterocycles. The summed E-state index contributed by atoms with van der Waals surface area (Å²) in [6.45, 7) is 0.604. The summed E-state index contributed by atoms with van der Waals surface area (Å²) in [5.74, 6) is -1.10. The fraction of sp³-hybridized carbons (Fsp3) is 0.400. The Labute approximate surface area is 133 Å². The molecule has 1 aliphatic rings. The number of aromatic nitrogens is 1. The number of fused-ring (bicyclic) bond motifs is 1. The number of carboxylic acids is 1. The summed E-state index contributed by atoms with van der Waals surface area (Å²) < 4.78 is 32.4. The summed E-state index contributed by atoms with van der Waals surface area (Å²) in [4.78, 5) is 13.9. The van der Waals surface area contributed by atoms with Gasteiger partial charge in [-0.3, -0.25) is 4.72 Å². The molecule has 0 saturated carbocycles. The number of carboxylic acid groups (broad SMARTS) is 1. The summed E-state index contributed by atoms with van der Waals surface area (Å²) >= 11 is 0. The first-order valence-electron chi connectivity index (χ1n) is 7.41. The maximum atomic E-state index is 12.2. The molecule has 3 rings (SSSR count). The van der Waals surface area contributed by atoms with Crippen LogP contribution in [-0.2, 0) is 14.8 Å². The highest BCUT2D eigenvalue weighted by molar-refractivity contribution is 7.92. The number of anilines is 1. The van der Waals surface area contributed by atoms with E-state index in [4.69, 9.17) is 9.84 Å². The molecule has 1 unspecified atom stereocenters. The maximum absolute atomic E-state index is 12.2. The summed E-state index contributed by atoms with van der Waals surface area (Å²) in [5.41, 5.74) is 1.12. The largest absolute Gasteiger partial charge is 0.478 e. The van der Waals surface area contributed by atoms with Gasteiger partial charge in [0.25, 0.3) is 0 Å². The predicted molar refractivity (Wildman–Crippen MR) is 86.3 cm³/mol. The van der Waals surface area contributed by atoms with Gasteiger partial charge in [0.05, 0.1) is 23.1 Å². The average molecular weight is 338 g/mol. The molecule has 1 fully saturated rings. The van der Waals surface area contributed by atoms with Gasteiger partial charge < -0.3 is 14.8 Å². The standard InChI is InChI=1S/C15H18N2O5S/c18-15(19)13-8-16-14-7-10(4-5-12(13)14)17-23(20,21)9-11-3-1-2-6-22-11/h4-5,7-8,11,16-17H,1-3,6,9H2,(H,18,19). The van der Waals surface area contributed by atoms with Gasteiger partial charge in [-0.25, -0.2) is 13.2 Å². The Bertz CT molecular complexity index is 822. The third kappa shape index (κ3) is 3.65. The number of ether oxygens (including phenoxy) is 1. The normalized spacial score (nSPS) is 18.9. The van der Waals surface area contributed by atoms with Crippen LogP contribution in [0, 0.1) is 0 Å².